The van der Waals surface area contributed by atoms with Gasteiger partial charge in [0.2, 0.25) is 0 Å². The van der Waals surface area contributed by atoms with Crippen molar-refractivity contribution in [3.8, 4) is 0 Å². The molecule has 0 bridgehead atoms. The highest BCUT2D eigenvalue weighted by Crippen LogP contribution is 2.19. The Hall–Kier alpha value is -1.42. The van der Waals surface area contributed by atoms with Crippen molar-refractivity contribution in [2.45, 2.75) is 33.2 Å². The van der Waals surface area contributed by atoms with Gasteiger partial charge < -0.3 is 4.90 Å². The van der Waals surface area contributed by atoms with Crippen LogP contribution in [-0.4, -0.2) is 17.0 Å². The molecule has 0 radical (unpaired) electrons. The van der Waals surface area contributed by atoms with Gasteiger partial charge in [-0.25, -0.2) is 9.97 Å². The van der Waals surface area contributed by atoms with E-state index in [0.717, 1.165) is 35.6 Å². The van der Waals surface area contributed by atoms with Gasteiger partial charge in [-0.05, 0) is 40.4 Å². The zero-order valence-electron chi connectivity index (χ0n) is 12.2. The normalized spacial score (nSPS) is 10.6. The molecule has 0 aliphatic heterocycles. The second-order valence-electron chi connectivity index (χ2n) is 5.00. The van der Waals surface area contributed by atoms with Crippen LogP contribution in [0.3, 0.4) is 0 Å². The minimum absolute atomic E-state index is 0.849. The number of hydrogen-bond donors (Lipinski definition) is 0. The third-order valence-electron chi connectivity index (χ3n) is 3.26. The minimum Gasteiger partial charge on any atom is -0.355 e. The Kier molecular flexibility index (Phi) is 5.12. The van der Waals surface area contributed by atoms with Crippen LogP contribution in [0.15, 0.2) is 34.9 Å². The van der Waals surface area contributed by atoms with Crippen LogP contribution in [0.2, 0.25) is 0 Å². The molecule has 0 N–H and O–H groups in total. The molecule has 3 nitrogen and oxygen atoms in total. The highest BCUT2D eigenvalue weighted by molar-refractivity contribution is 9.10. The lowest BCUT2D eigenvalue weighted by Gasteiger charge is -2.20. The third-order valence-corrected chi connectivity index (χ3v) is 3.67. The van der Waals surface area contributed by atoms with Gasteiger partial charge in [0.25, 0.3) is 0 Å². The first-order valence-corrected chi connectivity index (χ1v) is 7.68. The van der Waals surface area contributed by atoms with Crippen LogP contribution in [0.1, 0.15) is 30.3 Å². The average Bonchev–Trinajstić information content (AvgIpc) is 2.41. The molecule has 0 atom stereocenters. The van der Waals surface area contributed by atoms with Crippen LogP contribution in [0, 0.1) is 6.92 Å². The molecule has 0 spiro atoms. The van der Waals surface area contributed by atoms with E-state index in [1.807, 2.05) is 6.07 Å². The molecule has 4 heteroatoms. The topological polar surface area (TPSA) is 29.0 Å². The number of aryl methyl sites for hydroxylation is 2. The summed E-state index contributed by atoms with van der Waals surface area (Å²) in [6, 6.07) is 10.4. The molecule has 0 amide bonds. The molecule has 0 saturated heterocycles. The maximum Gasteiger partial charge on any atom is 0.133 e. The number of aromatic nitrogens is 2. The maximum atomic E-state index is 4.63. The predicted molar refractivity (Wildman–Crippen MR) is 87.0 cm³/mol. The second-order valence-corrected chi connectivity index (χ2v) is 5.81. The smallest absolute Gasteiger partial charge is 0.133 e. The molecule has 0 aliphatic rings. The van der Waals surface area contributed by atoms with Crippen molar-refractivity contribution < 1.29 is 0 Å². The lowest BCUT2D eigenvalue weighted by Crippen LogP contribution is -2.19. The number of hydrogen-bond acceptors (Lipinski definition) is 3. The van der Waals surface area contributed by atoms with Gasteiger partial charge in [-0.2, -0.15) is 0 Å². The molecule has 2 aromatic rings. The molecule has 0 aliphatic carbocycles. The number of halogens is 1. The maximum absolute atomic E-state index is 4.63. The number of rotatable bonds is 5. The van der Waals surface area contributed by atoms with Crippen LogP contribution in [0.4, 0.5) is 5.82 Å². The summed E-state index contributed by atoms with van der Waals surface area (Å²) in [4.78, 5) is 11.2. The summed E-state index contributed by atoms with van der Waals surface area (Å²) in [6.07, 6.45) is 1.96. The van der Waals surface area contributed by atoms with Gasteiger partial charge >= 0.3 is 0 Å². The van der Waals surface area contributed by atoms with E-state index < -0.39 is 0 Å². The van der Waals surface area contributed by atoms with Crippen molar-refractivity contribution in [3.05, 3.63) is 51.9 Å². The minimum atomic E-state index is 0.849. The predicted octanol–water partition coefficient (Wildman–Crippen LogP) is 4.14. The quantitative estimate of drug-likeness (QED) is 0.770. The van der Waals surface area contributed by atoms with Gasteiger partial charge in [0.1, 0.15) is 16.2 Å². The van der Waals surface area contributed by atoms with Crippen LogP contribution in [0.5, 0.6) is 0 Å². The summed E-state index contributed by atoms with van der Waals surface area (Å²) in [5.74, 6) is 1.85. The number of nitrogens with zero attached hydrogens (tertiary/aromatic N) is 3. The molecule has 106 valence electrons. The summed E-state index contributed by atoms with van der Waals surface area (Å²) in [7, 11) is 2.07. The van der Waals surface area contributed by atoms with Gasteiger partial charge in [-0.15, -0.1) is 0 Å². The fourth-order valence-corrected chi connectivity index (χ4v) is 2.52. The molecule has 2 rings (SSSR count). The first-order valence-electron chi connectivity index (χ1n) is 6.89. The van der Waals surface area contributed by atoms with E-state index in [4.69, 9.17) is 0 Å². The Labute approximate surface area is 129 Å². The molecule has 0 saturated carbocycles. The summed E-state index contributed by atoms with van der Waals surface area (Å²) >= 11 is 3.47. The van der Waals surface area contributed by atoms with Crippen molar-refractivity contribution in [3.63, 3.8) is 0 Å². The lowest BCUT2D eigenvalue weighted by atomic mass is 10.1. The fourth-order valence-electron chi connectivity index (χ4n) is 2.11. The Morgan fingerprint density at radius 1 is 1.20 bits per heavy atom. The summed E-state index contributed by atoms with van der Waals surface area (Å²) in [5, 5.41) is 0. The van der Waals surface area contributed by atoms with Gasteiger partial charge in [0, 0.05) is 26.1 Å². The Balaban J connectivity index is 2.20. The zero-order chi connectivity index (χ0) is 14.5. The first kappa shape index (κ1) is 15.0. The van der Waals surface area contributed by atoms with Crippen LogP contribution in [0.25, 0.3) is 0 Å². The highest BCUT2D eigenvalue weighted by atomic mass is 79.9. The van der Waals surface area contributed by atoms with Crippen molar-refractivity contribution in [1.29, 1.82) is 0 Å². The van der Waals surface area contributed by atoms with Gasteiger partial charge in [-0.1, -0.05) is 31.2 Å². The van der Waals surface area contributed by atoms with E-state index in [1.54, 1.807) is 0 Å². The van der Waals surface area contributed by atoms with Gasteiger partial charge in [0.15, 0.2) is 0 Å². The van der Waals surface area contributed by atoms with E-state index in [-0.39, 0.29) is 0 Å². The number of benzene rings is 1. The SMILES string of the molecule is CCCc1nc(Br)cc(N(C)Cc2ccccc2C)n1. The molecule has 1 aromatic carbocycles. The van der Waals surface area contributed by atoms with Crippen molar-refractivity contribution in [2.75, 3.05) is 11.9 Å². The zero-order valence-corrected chi connectivity index (χ0v) is 13.8. The molecule has 0 fully saturated rings. The molecular formula is C16H20BrN3. The largest absolute Gasteiger partial charge is 0.355 e. The van der Waals surface area contributed by atoms with E-state index in [1.165, 1.54) is 11.1 Å². The van der Waals surface area contributed by atoms with Crippen molar-refractivity contribution in [1.82, 2.24) is 9.97 Å². The lowest BCUT2D eigenvalue weighted by molar-refractivity contribution is 0.805. The van der Waals surface area contributed by atoms with Crippen LogP contribution in [-0.2, 0) is 13.0 Å². The second kappa shape index (κ2) is 6.84. The monoisotopic (exact) mass is 333 g/mol. The number of anilines is 1. The van der Waals surface area contributed by atoms with Crippen LogP contribution < -0.4 is 4.90 Å². The standard InChI is InChI=1S/C16H20BrN3/c1-4-7-15-18-14(17)10-16(19-15)20(3)11-13-9-6-5-8-12(13)2/h5-6,8-10H,4,7,11H2,1-3H3. The molecule has 20 heavy (non-hydrogen) atoms. The Bertz CT molecular complexity index is 584. The molecule has 1 aromatic heterocycles. The first-order chi connectivity index (χ1) is 9.60. The highest BCUT2D eigenvalue weighted by Gasteiger charge is 2.08. The van der Waals surface area contributed by atoms with Crippen LogP contribution >= 0.6 is 15.9 Å². The summed E-state index contributed by atoms with van der Waals surface area (Å²) in [5.41, 5.74) is 2.63. The fraction of sp³-hybridized carbons (Fsp3) is 0.375. The van der Waals surface area contributed by atoms with E-state index in [2.05, 4.69) is 76.0 Å². The van der Waals surface area contributed by atoms with E-state index >= 15 is 0 Å². The van der Waals surface area contributed by atoms with Gasteiger partial charge in [0.05, 0.1) is 0 Å². The Morgan fingerprint density at radius 3 is 2.65 bits per heavy atom. The summed E-state index contributed by atoms with van der Waals surface area (Å²) < 4.78 is 0.850. The molecule has 1 heterocycles. The van der Waals surface area contributed by atoms with Gasteiger partial charge in [-0.3, -0.25) is 0 Å². The third kappa shape index (κ3) is 3.79. The van der Waals surface area contributed by atoms with Crippen molar-refractivity contribution in [2.24, 2.45) is 0 Å². The molecule has 0 unspecified atom stereocenters. The summed E-state index contributed by atoms with van der Waals surface area (Å²) in [6.45, 7) is 5.13. The Morgan fingerprint density at radius 2 is 1.95 bits per heavy atom. The molecular weight excluding hydrogens is 314 g/mol. The van der Waals surface area contributed by atoms with Crippen molar-refractivity contribution >= 4 is 21.7 Å². The average molecular weight is 334 g/mol. The van der Waals surface area contributed by atoms with E-state index in [9.17, 15) is 0 Å². The van der Waals surface area contributed by atoms with E-state index in [0.29, 0.717) is 0 Å².